The van der Waals surface area contributed by atoms with Crippen LogP contribution in [0.3, 0.4) is 0 Å². The zero-order chi connectivity index (χ0) is 17.6. The smallest absolute Gasteiger partial charge is 0.213 e. The second-order valence-electron chi connectivity index (χ2n) is 4.96. The fourth-order valence-electron chi connectivity index (χ4n) is 1.71. The molecule has 0 fully saturated rings. The summed E-state index contributed by atoms with van der Waals surface area (Å²) in [5, 5.41) is 6.35. The van der Waals surface area contributed by atoms with Crippen LogP contribution in [0.2, 0.25) is 0 Å². The summed E-state index contributed by atoms with van der Waals surface area (Å²) in [6, 6.07) is 0. The lowest BCUT2D eigenvalue weighted by atomic mass is 10.4. The molecule has 0 aromatic heterocycles. The Morgan fingerprint density at radius 2 is 1.75 bits per heavy atom. The van der Waals surface area contributed by atoms with Crippen molar-refractivity contribution in [1.82, 2.24) is 14.9 Å². The van der Waals surface area contributed by atoms with Crippen LogP contribution in [-0.4, -0.2) is 85.1 Å². The molecule has 0 atom stereocenters. The predicted octanol–water partition coefficient (Wildman–Crippen LogP) is 0.494. The normalized spacial score (nSPS) is 12.1. The van der Waals surface area contributed by atoms with Crippen LogP contribution in [0.25, 0.3) is 0 Å². The minimum atomic E-state index is -3.09. The molecule has 0 bridgehead atoms. The lowest BCUT2D eigenvalue weighted by Crippen LogP contribution is -2.39. The Morgan fingerprint density at radius 1 is 1.12 bits per heavy atom. The highest BCUT2D eigenvalue weighted by atomic mass is 127. The number of sulfonamides is 1. The molecule has 0 saturated heterocycles. The van der Waals surface area contributed by atoms with E-state index in [-0.39, 0.29) is 29.7 Å². The molecular formula is C14H33IN4O4S. The third-order valence-corrected chi connectivity index (χ3v) is 5.06. The van der Waals surface area contributed by atoms with Crippen molar-refractivity contribution in [2.45, 2.75) is 19.8 Å². The van der Waals surface area contributed by atoms with Crippen molar-refractivity contribution in [3.63, 3.8) is 0 Å². The van der Waals surface area contributed by atoms with E-state index in [1.807, 2.05) is 0 Å². The van der Waals surface area contributed by atoms with Gasteiger partial charge in [-0.05, 0) is 19.8 Å². The number of nitrogens with zero attached hydrogens (tertiary/aromatic N) is 2. The molecule has 0 radical (unpaired) electrons. The first-order valence-electron chi connectivity index (χ1n) is 7.93. The average Bonchev–Trinajstić information content (AvgIpc) is 2.55. The number of aliphatic imine (C=N–C) groups is 1. The molecule has 10 heteroatoms. The Hall–Kier alpha value is -0.170. The van der Waals surface area contributed by atoms with Crippen LogP contribution >= 0.6 is 24.0 Å². The van der Waals surface area contributed by atoms with Gasteiger partial charge < -0.3 is 20.1 Å². The summed E-state index contributed by atoms with van der Waals surface area (Å²) in [7, 11) is 1.87. The van der Waals surface area contributed by atoms with Crippen molar-refractivity contribution in [1.29, 1.82) is 0 Å². The molecule has 0 aromatic carbocycles. The fraction of sp³-hybridized carbons (Fsp3) is 0.929. The van der Waals surface area contributed by atoms with Crippen LogP contribution in [0.5, 0.6) is 0 Å². The van der Waals surface area contributed by atoms with Crippen molar-refractivity contribution in [2.24, 2.45) is 4.99 Å². The standard InChI is InChI=1S/C14H32N4O4S.HI/c1-5-23(19,20)18(3)10-6-8-16-14(15-2)17-9-7-11-22-13-12-21-4;/h5-13H2,1-4H3,(H2,15,16,17);1H. The Morgan fingerprint density at radius 3 is 2.29 bits per heavy atom. The maximum Gasteiger partial charge on any atom is 0.213 e. The number of hydrogen-bond acceptors (Lipinski definition) is 5. The first-order chi connectivity index (χ1) is 11.0. The fourth-order valence-corrected chi connectivity index (χ4v) is 2.56. The highest BCUT2D eigenvalue weighted by molar-refractivity contribution is 14.0. The van der Waals surface area contributed by atoms with Crippen molar-refractivity contribution >= 4 is 40.0 Å². The number of halogens is 1. The molecule has 2 N–H and O–H groups in total. The molecule has 0 aromatic rings. The molecule has 0 aliphatic heterocycles. The summed E-state index contributed by atoms with van der Waals surface area (Å²) in [5.74, 6) is 0.843. The van der Waals surface area contributed by atoms with E-state index >= 15 is 0 Å². The predicted molar refractivity (Wildman–Crippen MR) is 109 cm³/mol. The van der Waals surface area contributed by atoms with Crippen LogP contribution in [0.15, 0.2) is 4.99 Å². The summed E-state index contributed by atoms with van der Waals surface area (Å²) >= 11 is 0. The molecule has 0 amide bonds. The minimum absolute atomic E-state index is 0. The van der Waals surface area contributed by atoms with E-state index in [2.05, 4.69) is 15.6 Å². The van der Waals surface area contributed by atoms with Crippen LogP contribution in [0.4, 0.5) is 0 Å². The van der Waals surface area contributed by atoms with Gasteiger partial charge in [0.1, 0.15) is 0 Å². The first-order valence-corrected chi connectivity index (χ1v) is 9.54. The van der Waals surface area contributed by atoms with Gasteiger partial charge in [0.25, 0.3) is 0 Å². The molecule has 0 unspecified atom stereocenters. The van der Waals surface area contributed by atoms with Crippen molar-refractivity contribution in [3.05, 3.63) is 0 Å². The van der Waals surface area contributed by atoms with Gasteiger partial charge in [0.05, 0.1) is 19.0 Å². The maximum atomic E-state index is 11.6. The highest BCUT2D eigenvalue weighted by Crippen LogP contribution is 1.98. The Balaban J connectivity index is 0. The van der Waals surface area contributed by atoms with Crippen LogP contribution in [-0.2, 0) is 19.5 Å². The Kier molecular flexibility index (Phi) is 17.7. The van der Waals surface area contributed by atoms with Crippen LogP contribution in [0, 0.1) is 0 Å². The molecule has 0 aliphatic rings. The maximum absolute atomic E-state index is 11.6. The topological polar surface area (TPSA) is 92.3 Å². The van der Waals surface area contributed by atoms with Crippen molar-refractivity contribution in [3.8, 4) is 0 Å². The molecule has 0 spiro atoms. The first kappa shape index (κ1) is 26.1. The van der Waals surface area contributed by atoms with E-state index in [1.54, 1.807) is 28.1 Å². The third-order valence-electron chi connectivity index (χ3n) is 3.20. The molecule has 24 heavy (non-hydrogen) atoms. The van der Waals surface area contributed by atoms with E-state index in [4.69, 9.17) is 9.47 Å². The van der Waals surface area contributed by atoms with Crippen LogP contribution in [0.1, 0.15) is 19.8 Å². The number of hydrogen-bond donors (Lipinski definition) is 2. The number of methoxy groups -OCH3 is 1. The van der Waals surface area contributed by atoms with Crippen LogP contribution < -0.4 is 10.6 Å². The van der Waals surface area contributed by atoms with Gasteiger partial charge in [0.15, 0.2) is 5.96 Å². The summed E-state index contributed by atoms with van der Waals surface area (Å²) in [6.45, 7) is 5.45. The zero-order valence-electron chi connectivity index (χ0n) is 15.2. The Bertz CT molecular complexity index is 421. The second kappa shape index (κ2) is 16.3. The number of rotatable bonds is 13. The molecule has 8 nitrogen and oxygen atoms in total. The monoisotopic (exact) mass is 480 g/mol. The lowest BCUT2D eigenvalue weighted by molar-refractivity contribution is 0.0698. The summed E-state index contributed by atoms with van der Waals surface area (Å²) < 4.78 is 34.9. The van der Waals surface area contributed by atoms with Gasteiger partial charge in [-0.15, -0.1) is 24.0 Å². The lowest BCUT2D eigenvalue weighted by Gasteiger charge is -2.16. The van der Waals surface area contributed by atoms with Crippen molar-refractivity contribution < 1.29 is 17.9 Å². The van der Waals surface area contributed by atoms with Gasteiger partial charge in [-0.25, -0.2) is 12.7 Å². The van der Waals surface area contributed by atoms with Gasteiger partial charge in [0, 0.05) is 47.4 Å². The summed E-state index contributed by atoms with van der Waals surface area (Å²) in [4.78, 5) is 4.12. The quantitative estimate of drug-likeness (QED) is 0.173. The van der Waals surface area contributed by atoms with Gasteiger partial charge in [-0.1, -0.05) is 0 Å². The third kappa shape index (κ3) is 13.2. The second-order valence-corrected chi connectivity index (χ2v) is 7.32. The van der Waals surface area contributed by atoms with E-state index in [1.165, 1.54) is 4.31 Å². The van der Waals surface area contributed by atoms with Gasteiger partial charge in [-0.2, -0.15) is 0 Å². The number of guanidine groups is 1. The zero-order valence-corrected chi connectivity index (χ0v) is 18.4. The summed E-state index contributed by atoms with van der Waals surface area (Å²) in [5.41, 5.74) is 0. The van der Waals surface area contributed by atoms with E-state index < -0.39 is 10.0 Å². The number of ether oxygens (including phenoxy) is 2. The van der Waals surface area contributed by atoms with E-state index in [0.717, 1.165) is 19.4 Å². The van der Waals surface area contributed by atoms with Gasteiger partial charge >= 0.3 is 0 Å². The van der Waals surface area contributed by atoms with Gasteiger partial charge in [-0.3, -0.25) is 4.99 Å². The molecule has 0 saturated carbocycles. The largest absolute Gasteiger partial charge is 0.382 e. The average molecular weight is 480 g/mol. The Labute approximate surface area is 163 Å². The minimum Gasteiger partial charge on any atom is -0.382 e. The molecular weight excluding hydrogens is 447 g/mol. The molecule has 0 aliphatic carbocycles. The van der Waals surface area contributed by atoms with Gasteiger partial charge in [0.2, 0.25) is 10.0 Å². The molecule has 0 rings (SSSR count). The summed E-state index contributed by atoms with van der Waals surface area (Å²) in [6.07, 6.45) is 1.60. The SMILES string of the molecule is CCS(=O)(=O)N(C)CCCNC(=NC)NCCCOCCOC.I. The molecule has 146 valence electrons. The van der Waals surface area contributed by atoms with E-state index in [9.17, 15) is 8.42 Å². The number of nitrogens with one attached hydrogen (secondary N) is 2. The molecule has 0 heterocycles. The van der Waals surface area contributed by atoms with E-state index in [0.29, 0.717) is 38.9 Å². The highest BCUT2D eigenvalue weighted by Gasteiger charge is 2.13. The van der Waals surface area contributed by atoms with Crippen molar-refractivity contribution in [2.75, 3.05) is 66.4 Å².